The maximum atomic E-state index is 13.1. The fraction of sp³-hybridized carbons (Fsp3) is 0.250. The van der Waals surface area contributed by atoms with Crippen LogP contribution in [0.5, 0.6) is 0 Å². The van der Waals surface area contributed by atoms with Gasteiger partial charge in [-0.3, -0.25) is 0 Å². The molecule has 0 fully saturated rings. The Labute approximate surface area is 111 Å². The van der Waals surface area contributed by atoms with E-state index >= 15 is 0 Å². The third-order valence-corrected chi connectivity index (χ3v) is 3.15. The third-order valence-electron chi connectivity index (χ3n) is 2.37. The summed E-state index contributed by atoms with van der Waals surface area (Å²) >= 11 is 1.44. The Balaban J connectivity index is 2.02. The maximum Gasteiger partial charge on any atom is 0.416 e. The number of alkyl halides is 3. The van der Waals surface area contributed by atoms with Gasteiger partial charge < -0.3 is 5.32 Å². The monoisotopic (exact) mass is 290 g/mol. The van der Waals surface area contributed by atoms with Gasteiger partial charge in [-0.1, -0.05) is 0 Å². The minimum Gasteiger partial charge on any atom is -0.306 e. The predicted molar refractivity (Wildman–Crippen MR) is 64.1 cm³/mol. The van der Waals surface area contributed by atoms with Crippen LogP contribution in [0.1, 0.15) is 16.1 Å². The Bertz CT molecular complexity index is 537. The summed E-state index contributed by atoms with van der Waals surface area (Å²) in [6, 6.07) is 2.52. The highest BCUT2D eigenvalue weighted by Gasteiger charge is 2.31. The SMILES string of the molecule is Fc1cc(CNCc2nccs2)cc(C(F)(F)F)c1. The minimum atomic E-state index is -4.54. The molecule has 0 unspecified atom stereocenters. The molecule has 0 spiro atoms. The molecule has 2 aromatic rings. The smallest absolute Gasteiger partial charge is 0.306 e. The summed E-state index contributed by atoms with van der Waals surface area (Å²) < 4.78 is 50.6. The summed E-state index contributed by atoms with van der Waals surface area (Å²) in [5, 5.41) is 5.56. The van der Waals surface area contributed by atoms with E-state index in [1.807, 2.05) is 0 Å². The quantitative estimate of drug-likeness (QED) is 0.870. The van der Waals surface area contributed by atoms with Crippen LogP contribution in [0.2, 0.25) is 0 Å². The predicted octanol–water partition coefficient (Wildman–Crippen LogP) is 3.59. The number of thiazole rings is 1. The third kappa shape index (κ3) is 4.00. The van der Waals surface area contributed by atoms with Crippen molar-refractivity contribution in [3.63, 3.8) is 0 Å². The van der Waals surface area contributed by atoms with Gasteiger partial charge in [0.2, 0.25) is 0 Å². The summed E-state index contributed by atoms with van der Waals surface area (Å²) in [4.78, 5) is 4.02. The molecule has 0 atom stereocenters. The second kappa shape index (κ2) is 5.66. The van der Waals surface area contributed by atoms with Gasteiger partial charge in [-0.05, 0) is 23.8 Å². The van der Waals surface area contributed by atoms with E-state index in [2.05, 4.69) is 10.3 Å². The number of hydrogen-bond donors (Lipinski definition) is 1. The molecule has 2 rings (SSSR count). The van der Waals surface area contributed by atoms with E-state index < -0.39 is 17.6 Å². The van der Waals surface area contributed by atoms with E-state index in [1.165, 1.54) is 11.3 Å². The second-order valence-electron chi connectivity index (χ2n) is 3.88. The van der Waals surface area contributed by atoms with Crippen LogP contribution in [-0.2, 0) is 19.3 Å². The highest BCUT2D eigenvalue weighted by Crippen LogP contribution is 2.30. The molecule has 1 aromatic carbocycles. The van der Waals surface area contributed by atoms with Crippen molar-refractivity contribution in [1.82, 2.24) is 10.3 Å². The lowest BCUT2D eigenvalue weighted by molar-refractivity contribution is -0.137. The van der Waals surface area contributed by atoms with Crippen LogP contribution in [0.15, 0.2) is 29.8 Å². The molecule has 19 heavy (non-hydrogen) atoms. The highest BCUT2D eigenvalue weighted by molar-refractivity contribution is 7.09. The lowest BCUT2D eigenvalue weighted by atomic mass is 10.1. The van der Waals surface area contributed by atoms with Crippen LogP contribution in [0.4, 0.5) is 17.6 Å². The van der Waals surface area contributed by atoms with E-state index in [-0.39, 0.29) is 12.1 Å². The van der Waals surface area contributed by atoms with Crippen molar-refractivity contribution in [3.05, 3.63) is 51.7 Å². The van der Waals surface area contributed by atoms with Gasteiger partial charge in [-0.2, -0.15) is 13.2 Å². The van der Waals surface area contributed by atoms with Crippen molar-refractivity contribution >= 4 is 11.3 Å². The topological polar surface area (TPSA) is 24.9 Å². The minimum absolute atomic E-state index is 0.153. The summed E-state index contributed by atoms with van der Waals surface area (Å²) in [5.74, 6) is -0.888. The first-order valence-electron chi connectivity index (χ1n) is 5.41. The molecule has 1 N–H and O–H groups in total. The first-order chi connectivity index (χ1) is 8.95. The van der Waals surface area contributed by atoms with Crippen LogP contribution >= 0.6 is 11.3 Å². The molecule has 0 saturated heterocycles. The Kier molecular flexibility index (Phi) is 4.16. The molecule has 0 radical (unpaired) electrons. The van der Waals surface area contributed by atoms with Crippen molar-refractivity contribution in [2.45, 2.75) is 19.3 Å². The number of nitrogens with one attached hydrogen (secondary N) is 1. The first-order valence-corrected chi connectivity index (χ1v) is 6.29. The van der Waals surface area contributed by atoms with Crippen molar-refractivity contribution in [3.8, 4) is 0 Å². The number of nitrogens with zero attached hydrogens (tertiary/aromatic N) is 1. The molecule has 0 aliphatic rings. The normalized spacial score (nSPS) is 11.8. The van der Waals surface area contributed by atoms with Crippen LogP contribution in [0, 0.1) is 5.82 Å². The zero-order chi connectivity index (χ0) is 13.9. The van der Waals surface area contributed by atoms with Gasteiger partial charge in [-0.15, -0.1) is 11.3 Å². The molecule has 7 heteroatoms. The van der Waals surface area contributed by atoms with Gasteiger partial charge in [0.05, 0.1) is 5.56 Å². The molecule has 2 nitrogen and oxygen atoms in total. The number of aromatic nitrogens is 1. The highest BCUT2D eigenvalue weighted by atomic mass is 32.1. The molecule has 0 bridgehead atoms. The average molecular weight is 290 g/mol. The van der Waals surface area contributed by atoms with E-state index in [0.717, 1.165) is 17.1 Å². The van der Waals surface area contributed by atoms with Gasteiger partial charge in [0.1, 0.15) is 10.8 Å². The number of hydrogen-bond acceptors (Lipinski definition) is 3. The Morgan fingerprint density at radius 3 is 2.58 bits per heavy atom. The van der Waals surface area contributed by atoms with Crippen LogP contribution in [0.3, 0.4) is 0 Å². The van der Waals surface area contributed by atoms with Crippen molar-refractivity contribution in [2.75, 3.05) is 0 Å². The van der Waals surface area contributed by atoms with Crippen molar-refractivity contribution in [1.29, 1.82) is 0 Å². The van der Waals surface area contributed by atoms with Crippen LogP contribution < -0.4 is 5.32 Å². The Morgan fingerprint density at radius 1 is 1.16 bits per heavy atom. The van der Waals surface area contributed by atoms with Crippen molar-refractivity contribution in [2.24, 2.45) is 0 Å². The van der Waals surface area contributed by atoms with Crippen LogP contribution in [0.25, 0.3) is 0 Å². The maximum absolute atomic E-state index is 13.1. The second-order valence-corrected chi connectivity index (χ2v) is 4.85. The number of halogens is 4. The summed E-state index contributed by atoms with van der Waals surface area (Å²) in [5.41, 5.74) is -0.720. The zero-order valence-corrected chi connectivity index (χ0v) is 10.5. The van der Waals surface area contributed by atoms with E-state index in [1.54, 1.807) is 11.6 Å². The molecule has 0 aliphatic heterocycles. The zero-order valence-electron chi connectivity index (χ0n) is 9.67. The molecule has 1 aromatic heterocycles. The van der Waals surface area contributed by atoms with Gasteiger partial charge in [0.25, 0.3) is 0 Å². The summed E-state index contributed by atoms with van der Waals surface area (Å²) in [6.07, 6.45) is -2.89. The standard InChI is InChI=1S/C12H10F4N2S/c13-10-4-8(3-9(5-10)12(14,15)16)6-17-7-11-18-1-2-19-11/h1-5,17H,6-7H2. The fourth-order valence-corrected chi connectivity index (χ4v) is 2.16. The Hall–Kier alpha value is -1.47. The van der Waals surface area contributed by atoms with E-state index in [9.17, 15) is 17.6 Å². The number of rotatable bonds is 4. The molecule has 0 saturated carbocycles. The largest absolute Gasteiger partial charge is 0.416 e. The molecular formula is C12H10F4N2S. The summed E-state index contributed by atoms with van der Waals surface area (Å²) in [7, 11) is 0. The van der Waals surface area contributed by atoms with Gasteiger partial charge in [0.15, 0.2) is 0 Å². The first kappa shape index (κ1) is 14.0. The molecule has 0 aliphatic carbocycles. The van der Waals surface area contributed by atoms with Crippen LogP contribution in [-0.4, -0.2) is 4.98 Å². The van der Waals surface area contributed by atoms with E-state index in [4.69, 9.17) is 0 Å². The molecule has 0 amide bonds. The van der Waals surface area contributed by atoms with Gasteiger partial charge >= 0.3 is 6.18 Å². The number of benzene rings is 1. The lowest BCUT2D eigenvalue weighted by Crippen LogP contribution is -2.14. The molecule has 1 heterocycles. The van der Waals surface area contributed by atoms with Gasteiger partial charge in [0, 0.05) is 24.7 Å². The lowest BCUT2D eigenvalue weighted by Gasteiger charge is -2.09. The van der Waals surface area contributed by atoms with Gasteiger partial charge in [-0.25, -0.2) is 9.37 Å². The summed E-state index contributed by atoms with van der Waals surface area (Å²) in [6.45, 7) is 0.593. The average Bonchev–Trinajstić information content (AvgIpc) is 2.80. The Morgan fingerprint density at radius 2 is 1.95 bits per heavy atom. The fourth-order valence-electron chi connectivity index (χ4n) is 1.57. The molecular weight excluding hydrogens is 280 g/mol. The van der Waals surface area contributed by atoms with E-state index in [0.29, 0.717) is 12.6 Å². The van der Waals surface area contributed by atoms with Crippen molar-refractivity contribution < 1.29 is 17.6 Å². The molecule has 102 valence electrons.